The van der Waals surface area contributed by atoms with E-state index in [0.29, 0.717) is 23.5 Å². The van der Waals surface area contributed by atoms with E-state index < -0.39 is 28.7 Å². The Balaban J connectivity index is 3.42. The lowest BCUT2D eigenvalue weighted by Crippen LogP contribution is -2.67. The number of rotatable bonds is 1. The van der Waals surface area contributed by atoms with Crippen molar-refractivity contribution < 1.29 is 22.0 Å². The van der Waals surface area contributed by atoms with Gasteiger partial charge in [0.25, 0.3) is 0 Å². The van der Waals surface area contributed by atoms with E-state index in [0.717, 1.165) is 7.05 Å². The summed E-state index contributed by atoms with van der Waals surface area (Å²) >= 11 is 0. The molecular weight excluding hydrogens is 213 g/mol. The van der Waals surface area contributed by atoms with E-state index in [-0.39, 0.29) is 0 Å². The summed E-state index contributed by atoms with van der Waals surface area (Å²) in [6.45, 7) is 0. The molecule has 0 bridgehead atoms. The molecule has 0 aliphatic heterocycles. The second-order valence-corrected chi connectivity index (χ2v) is 4.43. The van der Waals surface area contributed by atoms with Crippen LogP contribution in [0.4, 0.5) is 22.0 Å². The van der Waals surface area contributed by atoms with Crippen molar-refractivity contribution in [1.82, 2.24) is 5.32 Å². The fraction of sp³-hybridized carbons (Fsp3) is 1.00. The molecule has 1 fully saturated rings. The minimum atomic E-state index is -3.40. The maximum Gasteiger partial charge on any atom is 0.218 e. The number of hydrogen-bond acceptors (Lipinski definition) is 1. The quantitative estimate of drug-likeness (QED) is 0.312. The van der Waals surface area contributed by atoms with Gasteiger partial charge >= 0.3 is 0 Å². The van der Waals surface area contributed by atoms with Gasteiger partial charge in [-0.15, -0.1) is 0 Å². The molecule has 9 heteroatoms. The molecule has 84 valence electrons. The maximum atomic E-state index is 14.0. The Morgan fingerprint density at radius 2 is 1.40 bits per heavy atom. The van der Waals surface area contributed by atoms with Gasteiger partial charge in [-0.3, -0.25) is 5.32 Å². The maximum absolute atomic E-state index is 14.0. The summed E-state index contributed by atoms with van der Waals surface area (Å²) in [4.78, 5) is 0. The molecular formula is C6H11B3F5N. The summed E-state index contributed by atoms with van der Waals surface area (Å²) in [6.07, 6.45) is -2.88. The van der Waals surface area contributed by atoms with Crippen LogP contribution in [0.1, 0.15) is 0 Å². The molecule has 0 saturated heterocycles. The van der Waals surface area contributed by atoms with E-state index >= 15 is 0 Å². The van der Waals surface area contributed by atoms with Crippen LogP contribution in [0.3, 0.4) is 0 Å². The highest BCUT2D eigenvalue weighted by Crippen LogP contribution is 2.56. The van der Waals surface area contributed by atoms with Crippen LogP contribution in [-0.4, -0.2) is 59.3 Å². The van der Waals surface area contributed by atoms with Crippen molar-refractivity contribution in [3.63, 3.8) is 0 Å². The lowest BCUT2D eigenvalue weighted by Gasteiger charge is -2.38. The van der Waals surface area contributed by atoms with Gasteiger partial charge in [-0.25, -0.2) is 22.0 Å². The van der Waals surface area contributed by atoms with Crippen molar-refractivity contribution in [3.05, 3.63) is 0 Å². The molecule has 0 spiro atoms. The average molecular weight is 225 g/mol. The molecule has 0 aromatic rings. The van der Waals surface area contributed by atoms with Crippen molar-refractivity contribution in [2.24, 2.45) is 0 Å². The fourth-order valence-corrected chi connectivity index (χ4v) is 2.20. The van der Waals surface area contributed by atoms with E-state index in [9.17, 15) is 22.0 Å². The Kier molecular flexibility index (Phi) is 2.51. The van der Waals surface area contributed by atoms with Gasteiger partial charge in [-0.1, -0.05) is 0 Å². The normalized spacial score (nSPS) is 60.8. The van der Waals surface area contributed by atoms with E-state index in [2.05, 4.69) is 0 Å². The smallest absolute Gasteiger partial charge is 0.218 e. The second-order valence-electron chi connectivity index (χ2n) is 4.43. The van der Waals surface area contributed by atoms with Gasteiger partial charge in [-0.2, -0.15) is 0 Å². The molecule has 5 unspecified atom stereocenters. The molecule has 0 amide bonds. The molecule has 0 aromatic heterocycles. The van der Waals surface area contributed by atoms with Crippen molar-refractivity contribution in [3.8, 4) is 0 Å². The highest BCUT2D eigenvalue weighted by molar-refractivity contribution is 6.30. The molecule has 15 heavy (non-hydrogen) atoms. The van der Waals surface area contributed by atoms with Crippen LogP contribution in [0, 0.1) is 0 Å². The monoisotopic (exact) mass is 225 g/mol. The predicted octanol–water partition coefficient (Wildman–Crippen LogP) is -1.88. The van der Waals surface area contributed by atoms with Gasteiger partial charge in [0.05, 0.1) is 0 Å². The first-order chi connectivity index (χ1) is 6.47. The third-order valence-electron chi connectivity index (χ3n) is 3.53. The van der Waals surface area contributed by atoms with Gasteiger partial charge in [0.1, 0.15) is 5.57 Å². The highest BCUT2D eigenvalue weighted by Gasteiger charge is 2.81. The zero-order chi connectivity index (χ0) is 12.3. The molecule has 1 aliphatic carbocycles. The number of halogens is 5. The third kappa shape index (κ3) is 1.10. The van der Waals surface area contributed by atoms with Crippen LogP contribution in [0.5, 0.6) is 0 Å². The molecule has 5 atom stereocenters. The highest BCUT2D eigenvalue weighted by atomic mass is 19.2. The van der Waals surface area contributed by atoms with E-state index in [4.69, 9.17) is 0 Å². The zero-order valence-corrected chi connectivity index (χ0v) is 8.97. The molecule has 1 aliphatic rings. The molecule has 0 aromatic carbocycles. The largest absolute Gasteiger partial charge is 0.284 e. The average Bonchev–Trinajstić information content (AvgIpc) is 2.18. The third-order valence-corrected chi connectivity index (χ3v) is 3.53. The van der Waals surface area contributed by atoms with Crippen LogP contribution in [0.2, 0.25) is 0 Å². The Hall–Kier alpha value is -0.195. The van der Waals surface area contributed by atoms with Gasteiger partial charge in [0, 0.05) is 0 Å². The summed E-state index contributed by atoms with van der Waals surface area (Å²) in [5.41, 5.74) is -9.79. The first-order valence-electron chi connectivity index (χ1n) is 4.55. The Morgan fingerprint density at radius 1 is 1.00 bits per heavy atom. The summed E-state index contributed by atoms with van der Waals surface area (Å²) in [6, 6.07) is 0. The van der Waals surface area contributed by atoms with Crippen LogP contribution in [0.25, 0.3) is 0 Å². The van der Waals surface area contributed by atoms with E-state index in [1.165, 1.54) is 0 Å². The molecule has 1 rings (SSSR count). The first kappa shape index (κ1) is 12.9. The van der Waals surface area contributed by atoms with E-state index in [1.807, 2.05) is 0 Å². The van der Waals surface area contributed by atoms with Gasteiger partial charge in [0.2, 0.25) is 5.79 Å². The minimum Gasteiger partial charge on any atom is -0.284 e. The summed E-state index contributed by atoms with van der Waals surface area (Å²) in [7, 11) is 2.47. The predicted molar refractivity (Wildman–Crippen MR) is 54.9 cm³/mol. The number of nitrogens with one attached hydrogen (secondary N) is 1. The van der Waals surface area contributed by atoms with Gasteiger partial charge in [0.15, 0.2) is 40.8 Å². The van der Waals surface area contributed by atoms with Crippen molar-refractivity contribution in [1.29, 1.82) is 0 Å². The van der Waals surface area contributed by atoms with Gasteiger partial charge in [-0.05, 0) is 7.05 Å². The second kappa shape index (κ2) is 2.93. The van der Waals surface area contributed by atoms with Crippen molar-refractivity contribution in [2.75, 3.05) is 7.05 Å². The lowest BCUT2D eigenvalue weighted by atomic mass is 9.61. The Labute approximate surface area is 87.4 Å². The number of hydrogen-bond donors (Lipinski definition) is 1. The molecule has 1 N–H and O–H groups in total. The molecule has 1 saturated carbocycles. The SMILES string of the molecule is BC1(F)C(F)C(B)(F)C(F)(NC)C1(B)F. The van der Waals surface area contributed by atoms with Crippen LogP contribution in [-0.2, 0) is 0 Å². The molecule has 0 heterocycles. The summed E-state index contributed by atoms with van der Waals surface area (Å²) < 4.78 is 68.7. The van der Waals surface area contributed by atoms with Crippen LogP contribution < -0.4 is 5.32 Å². The first-order valence-corrected chi connectivity index (χ1v) is 4.55. The van der Waals surface area contributed by atoms with E-state index in [1.54, 1.807) is 5.32 Å². The molecule has 1 nitrogen and oxygen atoms in total. The Bertz CT molecular complexity index is 284. The summed E-state index contributed by atoms with van der Waals surface area (Å²) in [5, 5.41) is 1.71. The fourth-order valence-electron chi connectivity index (χ4n) is 2.20. The number of alkyl halides is 5. The zero-order valence-electron chi connectivity index (χ0n) is 8.97. The van der Waals surface area contributed by atoms with Crippen LogP contribution in [0.15, 0.2) is 0 Å². The molecule has 0 radical (unpaired) electrons. The standard InChI is InChI=1S/C6H11B3F5N/c1-15-6(14)4(8,12)2(10)3(7,11)5(6,9)13/h2,15H,7-9H2,1H3. The van der Waals surface area contributed by atoms with Gasteiger partial charge < -0.3 is 0 Å². The minimum absolute atomic E-state index is 0.511. The Morgan fingerprint density at radius 3 is 1.53 bits per heavy atom. The topological polar surface area (TPSA) is 12.0 Å². The lowest BCUT2D eigenvalue weighted by molar-refractivity contribution is -0.0632. The van der Waals surface area contributed by atoms with Crippen molar-refractivity contribution >= 4 is 23.5 Å². The summed E-state index contributed by atoms with van der Waals surface area (Å²) in [5.74, 6) is -3.40. The van der Waals surface area contributed by atoms with Crippen LogP contribution >= 0.6 is 0 Å². The van der Waals surface area contributed by atoms with Crippen molar-refractivity contribution in [2.45, 2.75) is 28.7 Å².